The lowest BCUT2D eigenvalue weighted by Crippen LogP contribution is -2.32. The van der Waals surface area contributed by atoms with Gasteiger partial charge in [-0.15, -0.1) is 10.2 Å². The average Bonchev–Trinajstić information content (AvgIpc) is 3.41. The Bertz CT molecular complexity index is 1070. The van der Waals surface area contributed by atoms with Crippen molar-refractivity contribution in [2.24, 2.45) is 0 Å². The predicted octanol–water partition coefficient (Wildman–Crippen LogP) is 3.39. The van der Waals surface area contributed by atoms with E-state index in [0.717, 1.165) is 24.1 Å². The molecule has 0 bridgehead atoms. The van der Waals surface area contributed by atoms with Crippen molar-refractivity contribution in [3.8, 4) is 17.3 Å². The van der Waals surface area contributed by atoms with Crippen LogP contribution in [0, 0.1) is 6.92 Å². The first-order chi connectivity index (χ1) is 13.8. The van der Waals surface area contributed by atoms with E-state index in [1.54, 1.807) is 19.1 Å². The van der Waals surface area contributed by atoms with Crippen LogP contribution in [0.15, 0.2) is 34.9 Å². The average molecular weight is 403 g/mol. The van der Waals surface area contributed by atoms with Gasteiger partial charge in [0.2, 0.25) is 0 Å². The van der Waals surface area contributed by atoms with Crippen molar-refractivity contribution in [1.29, 1.82) is 0 Å². The van der Waals surface area contributed by atoms with Gasteiger partial charge in [-0.3, -0.25) is 0 Å². The molecule has 0 amide bonds. The molecule has 1 atom stereocenters. The van der Waals surface area contributed by atoms with Gasteiger partial charge >= 0.3 is 6.18 Å². The van der Waals surface area contributed by atoms with Crippen molar-refractivity contribution in [2.45, 2.75) is 24.9 Å². The molecule has 7 nitrogen and oxygen atoms in total. The number of anilines is 1. The number of benzene rings is 1. The minimum absolute atomic E-state index is 0.304. The molecule has 1 aromatic carbocycles. The van der Waals surface area contributed by atoms with Gasteiger partial charge in [0.15, 0.2) is 17.3 Å². The molecule has 1 saturated heterocycles. The normalized spacial score (nSPS) is 20.9. The number of hydrogen-bond acceptors (Lipinski definition) is 7. The second-order valence-electron chi connectivity index (χ2n) is 7.37. The summed E-state index contributed by atoms with van der Waals surface area (Å²) in [6.07, 6.45) is -3.62. The summed E-state index contributed by atoms with van der Waals surface area (Å²) < 4.78 is 49.6. The molecule has 0 aliphatic carbocycles. The third kappa shape index (κ3) is 2.99. The van der Waals surface area contributed by atoms with Gasteiger partial charge in [0, 0.05) is 18.7 Å². The van der Waals surface area contributed by atoms with E-state index in [-0.39, 0.29) is 5.41 Å². The number of hydrogen-bond donors (Lipinski definition) is 0. The fraction of sp³-hybridized carbons (Fsp3) is 0.368. The van der Waals surface area contributed by atoms with Crippen LogP contribution in [0.5, 0.6) is 5.75 Å². The maximum absolute atomic E-state index is 13.0. The minimum Gasteiger partial charge on any atom is -0.492 e. The predicted molar refractivity (Wildman–Crippen MR) is 95.5 cm³/mol. The summed E-state index contributed by atoms with van der Waals surface area (Å²) in [4.78, 5) is 6.19. The van der Waals surface area contributed by atoms with E-state index >= 15 is 0 Å². The van der Waals surface area contributed by atoms with Crippen LogP contribution in [0.2, 0.25) is 0 Å². The number of ether oxygens (including phenoxy) is 1. The van der Waals surface area contributed by atoms with Crippen LogP contribution < -0.4 is 9.64 Å². The lowest BCUT2D eigenvalue weighted by atomic mass is 9.81. The summed E-state index contributed by atoms with van der Waals surface area (Å²) in [6.45, 7) is 3.38. The van der Waals surface area contributed by atoms with Gasteiger partial charge in [-0.25, -0.2) is 0 Å². The van der Waals surface area contributed by atoms with Crippen molar-refractivity contribution < 1.29 is 22.4 Å². The first kappa shape index (κ1) is 17.9. The summed E-state index contributed by atoms with van der Waals surface area (Å²) >= 11 is 0. The SMILES string of the molecule is Cc1noc(-c2ccc(N3CCC4(COc5cc(C(F)(F)F)ccc54)C3)nn2)n1. The Hall–Kier alpha value is -3.17. The van der Waals surface area contributed by atoms with E-state index in [4.69, 9.17) is 9.26 Å². The molecule has 2 aliphatic rings. The number of alkyl halides is 3. The molecule has 4 heterocycles. The Morgan fingerprint density at radius 1 is 1.14 bits per heavy atom. The molecule has 1 spiro atoms. The molecule has 0 N–H and O–H groups in total. The van der Waals surface area contributed by atoms with Gasteiger partial charge in [0.05, 0.1) is 17.6 Å². The molecule has 29 heavy (non-hydrogen) atoms. The summed E-state index contributed by atoms with van der Waals surface area (Å²) in [7, 11) is 0. The van der Waals surface area contributed by atoms with Gasteiger partial charge in [-0.1, -0.05) is 11.2 Å². The molecule has 1 fully saturated rings. The Balaban J connectivity index is 1.37. The highest BCUT2D eigenvalue weighted by Crippen LogP contribution is 2.47. The van der Waals surface area contributed by atoms with Crippen molar-refractivity contribution >= 4 is 5.82 Å². The quantitative estimate of drug-likeness (QED) is 0.649. The smallest absolute Gasteiger partial charge is 0.416 e. The topological polar surface area (TPSA) is 77.2 Å². The molecule has 0 radical (unpaired) electrons. The van der Waals surface area contributed by atoms with Crippen LogP contribution >= 0.6 is 0 Å². The maximum Gasteiger partial charge on any atom is 0.416 e. The molecule has 3 aromatic rings. The fourth-order valence-corrected chi connectivity index (χ4v) is 3.96. The standard InChI is InChI=1S/C19H16F3N5O2/c1-11-23-17(29-26-11)14-4-5-16(25-24-14)27-7-6-18(9-27)10-28-15-8-12(19(20,21)22)2-3-13(15)18/h2-5,8H,6-7,9-10H2,1H3. The van der Waals surface area contributed by atoms with E-state index in [2.05, 4.69) is 25.2 Å². The lowest BCUT2D eigenvalue weighted by Gasteiger charge is -2.23. The highest BCUT2D eigenvalue weighted by Gasteiger charge is 2.47. The molecular weight excluding hydrogens is 387 g/mol. The number of aromatic nitrogens is 4. The van der Waals surface area contributed by atoms with E-state index in [1.165, 1.54) is 0 Å². The third-order valence-corrected chi connectivity index (χ3v) is 5.46. The van der Waals surface area contributed by atoms with E-state index < -0.39 is 11.7 Å². The largest absolute Gasteiger partial charge is 0.492 e. The molecule has 0 saturated carbocycles. The first-order valence-electron chi connectivity index (χ1n) is 9.08. The zero-order chi connectivity index (χ0) is 20.2. The third-order valence-electron chi connectivity index (χ3n) is 5.46. The lowest BCUT2D eigenvalue weighted by molar-refractivity contribution is -0.137. The highest BCUT2D eigenvalue weighted by atomic mass is 19.4. The summed E-state index contributed by atoms with van der Waals surface area (Å²) in [6, 6.07) is 7.34. The van der Waals surface area contributed by atoms with Gasteiger partial charge in [-0.05, 0) is 37.6 Å². The monoisotopic (exact) mass is 403 g/mol. The second-order valence-corrected chi connectivity index (χ2v) is 7.37. The summed E-state index contributed by atoms with van der Waals surface area (Å²) in [5.41, 5.74) is 0.265. The molecule has 1 unspecified atom stereocenters. The molecule has 2 aliphatic heterocycles. The molecule has 10 heteroatoms. The number of aryl methyl sites for hydroxylation is 1. The first-order valence-corrected chi connectivity index (χ1v) is 9.08. The van der Waals surface area contributed by atoms with Gasteiger partial charge in [-0.2, -0.15) is 18.2 Å². The number of fused-ring (bicyclic) bond motifs is 2. The van der Waals surface area contributed by atoms with Crippen LogP contribution in [0.3, 0.4) is 0 Å². The van der Waals surface area contributed by atoms with Crippen LogP contribution in [0.4, 0.5) is 19.0 Å². The Morgan fingerprint density at radius 2 is 2.00 bits per heavy atom. The summed E-state index contributed by atoms with van der Waals surface area (Å²) in [5, 5.41) is 12.2. The van der Waals surface area contributed by atoms with Crippen LogP contribution in [0.25, 0.3) is 11.6 Å². The van der Waals surface area contributed by atoms with Gasteiger partial charge < -0.3 is 14.2 Å². The minimum atomic E-state index is -4.38. The Labute approximate surface area is 163 Å². The van der Waals surface area contributed by atoms with Crippen LogP contribution in [0.1, 0.15) is 23.4 Å². The summed E-state index contributed by atoms with van der Waals surface area (Å²) in [5.74, 6) is 1.82. The number of rotatable bonds is 2. The van der Waals surface area contributed by atoms with Crippen LogP contribution in [-0.4, -0.2) is 40.0 Å². The fourth-order valence-electron chi connectivity index (χ4n) is 3.96. The van der Waals surface area contributed by atoms with Crippen LogP contribution in [-0.2, 0) is 11.6 Å². The van der Waals surface area contributed by atoms with E-state index in [0.29, 0.717) is 48.7 Å². The Kier molecular flexibility index (Phi) is 3.80. The van der Waals surface area contributed by atoms with Crippen molar-refractivity contribution in [3.63, 3.8) is 0 Å². The van der Waals surface area contributed by atoms with Gasteiger partial charge in [0.1, 0.15) is 5.75 Å². The zero-order valence-corrected chi connectivity index (χ0v) is 15.4. The molecular formula is C19H16F3N5O2. The molecule has 5 rings (SSSR count). The van der Waals surface area contributed by atoms with Crippen molar-refractivity contribution in [2.75, 3.05) is 24.6 Å². The number of halogens is 3. The van der Waals surface area contributed by atoms with E-state index in [9.17, 15) is 13.2 Å². The number of nitrogens with zero attached hydrogens (tertiary/aromatic N) is 5. The maximum atomic E-state index is 13.0. The molecule has 150 valence electrons. The van der Waals surface area contributed by atoms with Crippen molar-refractivity contribution in [1.82, 2.24) is 20.3 Å². The zero-order valence-electron chi connectivity index (χ0n) is 15.4. The van der Waals surface area contributed by atoms with Crippen molar-refractivity contribution in [3.05, 3.63) is 47.3 Å². The van der Waals surface area contributed by atoms with Gasteiger partial charge in [0.25, 0.3) is 5.89 Å². The Morgan fingerprint density at radius 3 is 2.69 bits per heavy atom. The molecule has 2 aromatic heterocycles. The highest BCUT2D eigenvalue weighted by molar-refractivity contribution is 5.53. The second kappa shape index (κ2) is 6.16. The van der Waals surface area contributed by atoms with E-state index in [1.807, 2.05) is 6.07 Å².